The predicted octanol–water partition coefficient (Wildman–Crippen LogP) is 3.90. The first-order chi connectivity index (χ1) is 14.4. The molecule has 0 saturated carbocycles. The molecule has 1 heterocycles. The van der Waals surface area contributed by atoms with E-state index in [-0.39, 0.29) is 11.8 Å². The number of carbonyl (C=O) groups excluding carboxylic acids is 2. The van der Waals surface area contributed by atoms with E-state index in [2.05, 4.69) is 10.6 Å². The summed E-state index contributed by atoms with van der Waals surface area (Å²) in [5.41, 5.74) is 11.5. The number of nitrogen functional groups attached to an aromatic ring is 1. The molecule has 0 fully saturated rings. The molecule has 0 aromatic heterocycles. The highest BCUT2D eigenvalue weighted by atomic mass is 16.2. The van der Waals surface area contributed by atoms with Crippen LogP contribution in [-0.2, 0) is 4.79 Å². The van der Waals surface area contributed by atoms with E-state index in [1.165, 1.54) is 4.90 Å². The number of carbonyl (C=O) groups is 2. The number of anilines is 3. The Hall–Kier alpha value is -4.06. The Morgan fingerprint density at radius 3 is 2.30 bits per heavy atom. The SMILES string of the molecule is CN(C)C(=O)c1ccc(N/C(=C2\C(=O)Nc3ccc(N)cc32)c2ccccc2)cc1. The molecule has 0 atom stereocenters. The number of fused-ring (bicyclic) bond motifs is 1. The van der Waals surface area contributed by atoms with Gasteiger partial charge in [-0.25, -0.2) is 0 Å². The lowest BCUT2D eigenvalue weighted by Crippen LogP contribution is -2.21. The summed E-state index contributed by atoms with van der Waals surface area (Å²) in [6.07, 6.45) is 0. The van der Waals surface area contributed by atoms with Crippen LogP contribution in [0.4, 0.5) is 17.1 Å². The van der Waals surface area contributed by atoms with Crippen molar-refractivity contribution >= 4 is 40.1 Å². The molecule has 150 valence electrons. The molecule has 6 heteroatoms. The molecule has 0 radical (unpaired) electrons. The highest BCUT2D eigenvalue weighted by Crippen LogP contribution is 2.38. The third-order valence-corrected chi connectivity index (χ3v) is 4.91. The molecule has 6 nitrogen and oxygen atoms in total. The molecule has 1 aliphatic heterocycles. The standard InChI is InChI=1S/C24H22N4O2/c1-28(2)24(30)16-8-11-18(12-9-16)26-22(15-6-4-3-5-7-15)21-19-14-17(25)10-13-20(19)27-23(21)29/h3-14,26H,25H2,1-2H3,(H,27,29)/b22-21-. The van der Waals surface area contributed by atoms with Crippen molar-refractivity contribution in [3.05, 3.63) is 89.5 Å². The van der Waals surface area contributed by atoms with Gasteiger partial charge in [0.25, 0.3) is 11.8 Å². The average molecular weight is 398 g/mol. The molecule has 0 saturated heterocycles. The minimum absolute atomic E-state index is 0.0669. The van der Waals surface area contributed by atoms with Gasteiger partial charge < -0.3 is 21.3 Å². The summed E-state index contributed by atoms with van der Waals surface area (Å²) in [5.74, 6) is -0.260. The van der Waals surface area contributed by atoms with Gasteiger partial charge in [0.05, 0.1) is 11.3 Å². The summed E-state index contributed by atoms with van der Waals surface area (Å²) < 4.78 is 0. The van der Waals surface area contributed by atoms with Crippen LogP contribution in [0.15, 0.2) is 72.8 Å². The van der Waals surface area contributed by atoms with Gasteiger partial charge in [0, 0.05) is 42.3 Å². The Labute approximate surface area is 175 Å². The minimum Gasteiger partial charge on any atom is -0.399 e. The van der Waals surface area contributed by atoms with Gasteiger partial charge in [-0.2, -0.15) is 0 Å². The molecule has 0 bridgehead atoms. The van der Waals surface area contributed by atoms with Gasteiger partial charge in [-0.3, -0.25) is 9.59 Å². The number of nitrogens with two attached hydrogens (primary N) is 1. The maximum absolute atomic E-state index is 12.9. The van der Waals surface area contributed by atoms with Crippen LogP contribution in [0.1, 0.15) is 21.5 Å². The highest BCUT2D eigenvalue weighted by Gasteiger charge is 2.28. The monoisotopic (exact) mass is 398 g/mol. The van der Waals surface area contributed by atoms with Crippen LogP contribution >= 0.6 is 0 Å². The number of nitrogens with zero attached hydrogens (tertiary/aromatic N) is 1. The van der Waals surface area contributed by atoms with E-state index in [4.69, 9.17) is 5.73 Å². The van der Waals surface area contributed by atoms with Crippen LogP contribution in [0.25, 0.3) is 11.3 Å². The van der Waals surface area contributed by atoms with Gasteiger partial charge in [-0.15, -0.1) is 0 Å². The Morgan fingerprint density at radius 2 is 1.63 bits per heavy atom. The van der Waals surface area contributed by atoms with Gasteiger partial charge in [-0.05, 0) is 48.0 Å². The summed E-state index contributed by atoms with van der Waals surface area (Å²) in [4.78, 5) is 26.5. The lowest BCUT2D eigenvalue weighted by atomic mass is 9.99. The highest BCUT2D eigenvalue weighted by molar-refractivity contribution is 6.37. The van der Waals surface area contributed by atoms with Crippen molar-refractivity contribution in [3.63, 3.8) is 0 Å². The predicted molar refractivity (Wildman–Crippen MR) is 121 cm³/mol. The van der Waals surface area contributed by atoms with E-state index < -0.39 is 0 Å². The largest absolute Gasteiger partial charge is 0.399 e. The first-order valence-electron chi connectivity index (χ1n) is 9.54. The van der Waals surface area contributed by atoms with Crippen molar-refractivity contribution in [1.82, 2.24) is 4.90 Å². The van der Waals surface area contributed by atoms with E-state index in [9.17, 15) is 9.59 Å². The lowest BCUT2D eigenvalue weighted by molar-refractivity contribution is -0.110. The van der Waals surface area contributed by atoms with E-state index in [1.807, 2.05) is 42.5 Å². The average Bonchev–Trinajstić information content (AvgIpc) is 3.07. The second-order valence-corrected chi connectivity index (χ2v) is 7.28. The van der Waals surface area contributed by atoms with E-state index in [0.29, 0.717) is 22.5 Å². The molecule has 3 aromatic carbocycles. The molecule has 1 aliphatic rings. The number of benzene rings is 3. The smallest absolute Gasteiger partial charge is 0.258 e. The third kappa shape index (κ3) is 3.63. The van der Waals surface area contributed by atoms with E-state index in [1.54, 1.807) is 44.4 Å². The van der Waals surface area contributed by atoms with E-state index >= 15 is 0 Å². The van der Waals surface area contributed by atoms with Crippen LogP contribution < -0.4 is 16.4 Å². The van der Waals surface area contributed by atoms with Crippen molar-refractivity contribution in [2.24, 2.45) is 0 Å². The first kappa shape index (κ1) is 19.3. The summed E-state index contributed by atoms with van der Waals surface area (Å²) in [6.45, 7) is 0. The number of amides is 2. The van der Waals surface area contributed by atoms with Gasteiger partial charge in [0.1, 0.15) is 0 Å². The summed E-state index contributed by atoms with van der Waals surface area (Å²) >= 11 is 0. The Bertz CT molecular complexity index is 1150. The second-order valence-electron chi connectivity index (χ2n) is 7.28. The maximum Gasteiger partial charge on any atom is 0.258 e. The molecule has 0 spiro atoms. The van der Waals surface area contributed by atoms with Gasteiger partial charge in [0.2, 0.25) is 0 Å². The van der Waals surface area contributed by atoms with Crippen molar-refractivity contribution in [2.45, 2.75) is 0 Å². The fourth-order valence-corrected chi connectivity index (χ4v) is 3.42. The summed E-state index contributed by atoms with van der Waals surface area (Å²) in [5, 5.41) is 6.28. The number of hydrogen-bond donors (Lipinski definition) is 3. The molecular formula is C24H22N4O2. The maximum atomic E-state index is 12.9. The summed E-state index contributed by atoms with van der Waals surface area (Å²) in [7, 11) is 3.43. The third-order valence-electron chi connectivity index (χ3n) is 4.91. The molecule has 2 amide bonds. The van der Waals surface area contributed by atoms with Crippen LogP contribution in [0.3, 0.4) is 0 Å². The van der Waals surface area contributed by atoms with Crippen molar-refractivity contribution in [3.8, 4) is 0 Å². The van der Waals surface area contributed by atoms with Gasteiger partial charge in [0.15, 0.2) is 0 Å². The Kier molecular flexibility index (Phi) is 4.98. The van der Waals surface area contributed by atoms with E-state index in [0.717, 1.165) is 22.5 Å². The quantitative estimate of drug-likeness (QED) is 0.459. The van der Waals surface area contributed by atoms with Crippen molar-refractivity contribution in [2.75, 3.05) is 30.5 Å². The number of rotatable bonds is 4. The van der Waals surface area contributed by atoms with Crippen molar-refractivity contribution < 1.29 is 9.59 Å². The van der Waals surface area contributed by atoms with Gasteiger partial charge in [-0.1, -0.05) is 30.3 Å². The van der Waals surface area contributed by atoms with Crippen LogP contribution in [0, 0.1) is 0 Å². The first-order valence-corrected chi connectivity index (χ1v) is 9.54. The van der Waals surface area contributed by atoms with Gasteiger partial charge >= 0.3 is 0 Å². The molecular weight excluding hydrogens is 376 g/mol. The normalized spacial score (nSPS) is 14.0. The number of hydrogen-bond acceptors (Lipinski definition) is 4. The molecule has 3 aromatic rings. The Morgan fingerprint density at radius 1 is 0.933 bits per heavy atom. The minimum atomic E-state index is -0.193. The zero-order valence-corrected chi connectivity index (χ0v) is 16.8. The summed E-state index contributed by atoms with van der Waals surface area (Å²) in [6, 6.07) is 22.2. The molecule has 0 aliphatic carbocycles. The fraction of sp³-hybridized carbons (Fsp3) is 0.0833. The van der Waals surface area contributed by atoms with Crippen molar-refractivity contribution in [1.29, 1.82) is 0 Å². The Balaban J connectivity index is 1.80. The second kappa shape index (κ2) is 7.75. The zero-order chi connectivity index (χ0) is 21.3. The van der Waals surface area contributed by atoms with Crippen LogP contribution in [-0.4, -0.2) is 30.8 Å². The lowest BCUT2D eigenvalue weighted by Gasteiger charge is -2.16. The topological polar surface area (TPSA) is 87.5 Å². The number of nitrogens with one attached hydrogen (secondary N) is 2. The van der Waals surface area contributed by atoms with Crippen LogP contribution in [0.5, 0.6) is 0 Å². The molecule has 0 unspecified atom stereocenters. The molecule has 30 heavy (non-hydrogen) atoms. The van der Waals surface area contributed by atoms with Crippen LogP contribution in [0.2, 0.25) is 0 Å². The molecule has 4 rings (SSSR count). The molecule has 4 N–H and O–H groups in total. The fourth-order valence-electron chi connectivity index (χ4n) is 3.42. The zero-order valence-electron chi connectivity index (χ0n) is 16.8.